The molecule has 0 saturated carbocycles. The van der Waals surface area contributed by atoms with Gasteiger partial charge in [0, 0.05) is 15.3 Å². The Bertz CT molecular complexity index is 554. The molecule has 0 aliphatic carbocycles. The largest absolute Gasteiger partial charge is 0.493 e. The molecule has 0 spiro atoms. The predicted octanol–water partition coefficient (Wildman–Crippen LogP) is 5.36. The Morgan fingerprint density at radius 3 is 2.94 bits per heavy atom. The normalized spacial score (nSPS) is 20.0. The molecule has 3 rings (SSSR count). The highest BCUT2D eigenvalue weighted by atomic mass is 79.9. The van der Waals surface area contributed by atoms with E-state index in [0.717, 1.165) is 23.2 Å². The molecule has 0 bridgehead atoms. The van der Waals surface area contributed by atoms with Gasteiger partial charge in [-0.05, 0) is 45.4 Å². The van der Waals surface area contributed by atoms with Crippen molar-refractivity contribution in [1.82, 2.24) is 0 Å². The second-order valence-electron chi connectivity index (χ2n) is 4.32. The zero-order valence-corrected chi connectivity index (χ0v) is 12.8. The summed E-state index contributed by atoms with van der Waals surface area (Å²) >= 11 is 12.0. The lowest BCUT2D eigenvalue weighted by atomic mass is 9.89. The molecule has 2 heterocycles. The van der Waals surface area contributed by atoms with Crippen molar-refractivity contribution in [3.63, 3.8) is 0 Å². The van der Waals surface area contributed by atoms with E-state index in [4.69, 9.17) is 16.3 Å². The number of thiophene rings is 1. The zero-order valence-electron chi connectivity index (χ0n) is 9.61. The van der Waals surface area contributed by atoms with Crippen molar-refractivity contribution in [2.24, 2.45) is 0 Å². The van der Waals surface area contributed by atoms with E-state index in [1.54, 1.807) is 11.3 Å². The van der Waals surface area contributed by atoms with Crippen LogP contribution >= 0.6 is 38.9 Å². The fraction of sp³-hybridized carbons (Fsp3) is 0.286. The predicted molar refractivity (Wildman–Crippen MR) is 79.9 cm³/mol. The number of ether oxygens (including phenoxy) is 1. The summed E-state index contributed by atoms with van der Waals surface area (Å²) in [6.45, 7) is 0.744. The van der Waals surface area contributed by atoms with E-state index >= 15 is 0 Å². The minimum Gasteiger partial charge on any atom is -0.493 e. The molecule has 2 unspecified atom stereocenters. The molecule has 1 aliphatic rings. The molecular weight excluding hydrogens is 332 g/mol. The second-order valence-corrected chi connectivity index (χ2v) is 6.59. The number of benzene rings is 1. The van der Waals surface area contributed by atoms with Gasteiger partial charge >= 0.3 is 0 Å². The molecule has 1 aromatic heterocycles. The number of para-hydroxylation sites is 1. The molecule has 4 heteroatoms. The maximum Gasteiger partial charge on any atom is 0.122 e. The van der Waals surface area contributed by atoms with Crippen LogP contribution in [0.2, 0.25) is 0 Å². The van der Waals surface area contributed by atoms with E-state index in [1.165, 1.54) is 10.4 Å². The molecule has 1 nitrogen and oxygen atoms in total. The van der Waals surface area contributed by atoms with Crippen molar-refractivity contribution in [3.05, 3.63) is 50.6 Å². The lowest BCUT2D eigenvalue weighted by molar-refractivity contribution is 0.265. The summed E-state index contributed by atoms with van der Waals surface area (Å²) in [5, 5.41) is 2.07. The lowest BCUT2D eigenvalue weighted by Crippen LogP contribution is -2.17. The van der Waals surface area contributed by atoms with Crippen LogP contribution < -0.4 is 4.74 Å². The quantitative estimate of drug-likeness (QED) is 0.667. The van der Waals surface area contributed by atoms with Crippen LogP contribution in [0.1, 0.15) is 28.2 Å². The summed E-state index contributed by atoms with van der Waals surface area (Å²) in [5.41, 5.74) is 1.23. The fourth-order valence-electron chi connectivity index (χ4n) is 2.36. The Kier molecular flexibility index (Phi) is 3.64. The third kappa shape index (κ3) is 2.20. The average Bonchev–Trinajstić information content (AvgIpc) is 2.83. The van der Waals surface area contributed by atoms with Crippen LogP contribution in [0.25, 0.3) is 0 Å². The van der Waals surface area contributed by atoms with Gasteiger partial charge in [0.1, 0.15) is 5.75 Å². The van der Waals surface area contributed by atoms with Crippen LogP contribution in [0, 0.1) is 0 Å². The van der Waals surface area contributed by atoms with E-state index in [2.05, 4.69) is 33.4 Å². The Morgan fingerprint density at radius 2 is 2.17 bits per heavy atom. The average molecular weight is 344 g/mol. The smallest absolute Gasteiger partial charge is 0.122 e. The van der Waals surface area contributed by atoms with Crippen LogP contribution in [0.5, 0.6) is 5.75 Å². The van der Waals surface area contributed by atoms with Crippen LogP contribution in [0.15, 0.2) is 40.2 Å². The second kappa shape index (κ2) is 5.24. The van der Waals surface area contributed by atoms with Gasteiger partial charge in [-0.2, -0.15) is 0 Å². The molecule has 0 fully saturated rings. The molecule has 0 amide bonds. The standard InChI is InChI=1S/C14H12BrClOS/c15-11-6-8-18-14(11)13(16)10-5-7-17-12-4-2-1-3-9(10)12/h1-4,6,8,10,13H,5,7H2. The van der Waals surface area contributed by atoms with Crippen molar-refractivity contribution in [2.75, 3.05) is 6.61 Å². The molecular formula is C14H12BrClOS. The lowest BCUT2D eigenvalue weighted by Gasteiger charge is -2.29. The van der Waals surface area contributed by atoms with Crippen LogP contribution in [-0.2, 0) is 0 Å². The Labute approximate surface area is 124 Å². The van der Waals surface area contributed by atoms with E-state index < -0.39 is 0 Å². The number of alkyl halides is 1. The van der Waals surface area contributed by atoms with Gasteiger partial charge in [0.2, 0.25) is 0 Å². The molecule has 0 radical (unpaired) electrons. The minimum atomic E-state index is 0.00410. The van der Waals surface area contributed by atoms with Crippen LogP contribution in [0.3, 0.4) is 0 Å². The van der Waals surface area contributed by atoms with E-state index in [9.17, 15) is 0 Å². The van der Waals surface area contributed by atoms with Gasteiger partial charge in [0.15, 0.2) is 0 Å². The number of fused-ring (bicyclic) bond motifs is 1. The molecule has 2 aromatic rings. The van der Waals surface area contributed by atoms with Gasteiger partial charge in [-0.25, -0.2) is 0 Å². The number of rotatable bonds is 2. The molecule has 0 N–H and O–H groups in total. The van der Waals surface area contributed by atoms with Gasteiger partial charge in [0.25, 0.3) is 0 Å². The topological polar surface area (TPSA) is 9.23 Å². The summed E-state index contributed by atoms with van der Waals surface area (Å²) in [5.74, 6) is 1.30. The summed E-state index contributed by atoms with van der Waals surface area (Å²) < 4.78 is 6.79. The third-order valence-electron chi connectivity index (χ3n) is 3.25. The molecule has 1 aliphatic heterocycles. The Hall–Kier alpha value is -0.510. The van der Waals surface area contributed by atoms with Crippen molar-refractivity contribution in [2.45, 2.75) is 17.7 Å². The summed E-state index contributed by atoms with van der Waals surface area (Å²) in [6, 6.07) is 10.3. The summed E-state index contributed by atoms with van der Waals surface area (Å²) in [6.07, 6.45) is 0.968. The molecule has 0 saturated heterocycles. The van der Waals surface area contributed by atoms with Crippen LogP contribution in [-0.4, -0.2) is 6.61 Å². The highest BCUT2D eigenvalue weighted by Gasteiger charge is 2.30. The van der Waals surface area contributed by atoms with Gasteiger partial charge in [-0.3, -0.25) is 0 Å². The molecule has 94 valence electrons. The summed E-state index contributed by atoms with van der Waals surface area (Å²) in [7, 11) is 0. The monoisotopic (exact) mass is 342 g/mol. The molecule has 2 atom stereocenters. The first-order chi connectivity index (χ1) is 8.77. The van der Waals surface area contributed by atoms with Crippen LogP contribution in [0.4, 0.5) is 0 Å². The highest BCUT2D eigenvalue weighted by molar-refractivity contribution is 9.10. The number of hydrogen-bond donors (Lipinski definition) is 0. The van der Waals surface area contributed by atoms with E-state index in [1.807, 2.05) is 18.2 Å². The first kappa shape index (κ1) is 12.5. The third-order valence-corrected chi connectivity index (χ3v) is 5.86. The maximum absolute atomic E-state index is 6.68. The van der Waals surface area contributed by atoms with Gasteiger partial charge < -0.3 is 4.74 Å². The van der Waals surface area contributed by atoms with Gasteiger partial charge in [-0.1, -0.05) is 18.2 Å². The molecule has 18 heavy (non-hydrogen) atoms. The van der Waals surface area contributed by atoms with Gasteiger partial charge in [0.05, 0.1) is 12.0 Å². The minimum absolute atomic E-state index is 0.00410. The SMILES string of the molecule is ClC(c1sccc1Br)C1CCOc2ccccc21. The van der Waals surface area contributed by atoms with Crippen molar-refractivity contribution < 1.29 is 4.74 Å². The van der Waals surface area contributed by atoms with Crippen molar-refractivity contribution >= 4 is 38.9 Å². The Morgan fingerprint density at radius 1 is 1.33 bits per heavy atom. The first-order valence-corrected chi connectivity index (χ1v) is 7.97. The number of hydrogen-bond acceptors (Lipinski definition) is 2. The van der Waals surface area contributed by atoms with Crippen molar-refractivity contribution in [3.8, 4) is 5.75 Å². The summed E-state index contributed by atoms with van der Waals surface area (Å²) in [4.78, 5) is 1.21. The van der Waals surface area contributed by atoms with Crippen molar-refractivity contribution in [1.29, 1.82) is 0 Å². The van der Waals surface area contributed by atoms with E-state index in [-0.39, 0.29) is 5.38 Å². The van der Waals surface area contributed by atoms with Gasteiger partial charge in [-0.15, -0.1) is 22.9 Å². The number of halogens is 2. The maximum atomic E-state index is 6.68. The zero-order chi connectivity index (χ0) is 12.5. The Balaban J connectivity index is 1.97. The highest BCUT2D eigenvalue weighted by Crippen LogP contribution is 2.47. The molecule has 1 aromatic carbocycles. The fourth-order valence-corrected chi connectivity index (χ4v) is 4.68. The van der Waals surface area contributed by atoms with E-state index in [0.29, 0.717) is 5.92 Å². The first-order valence-electron chi connectivity index (χ1n) is 5.86.